The van der Waals surface area contributed by atoms with E-state index in [1.165, 1.54) is 0 Å². The van der Waals surface area contributed by atoms with Gasteiger partial charge in [0.25, 0.3) is 0 Å². The number of esters is 1. The molecule has 0 fully saturated rings. The normalized spacial score (nSPS) is 10.9. The zero-order valence-corrected chi connectivity index (χ0v) is 19.5. The van der Waals surface area contributed by atoms with Crippen molar-refractivity contribution >= 4 is 22.5 Å². The minimum atomic E-state index is -0.464. The molecule has 0 aliphatic heterocycles. The molecule has 0 saturated heterocycles. The van der Waals surface area contributed by atoms with Crippen LogP contribution in [0, 0.1) is 0 Å². The van der Waals surface area contributed by atoms with Crippen LogP contribution in [0.25, 0.3) is 27.8 Å². The molecule has 0 saturated carbocycles. The number of nitrogens with zero attached hydrogens (tertiary/aromatic N) is 3. The summed E-state index contributed by atoms with van der Waals surface area (Å²) in [6, 6.07) is 18.5. The van der Waals surface area contributed by atoms with Crippen LogP contribution in [0.15, 0.2) is 73.1 Å². The van der Waals surface area contributed by atoms with Gasteiger partial charge in [-0.3, -0.25) is 0 Å². The highest BCUT2D eigenvalue weighted by Crippen LogP contribution is 2.41. The maximum atomic E-state index is 13.2. The maximum absolute atomic E-state index is 13.2. The fraction of sp³-hybridized carbons (Fsp3) is 0.148. The van der Waals surface area contributed by atoms with E-state index in [4.69, 9.17) is 23.9 Å². The van der Waals surface area contributed by atoms with Crippen molar-refractivity contribution in [1.82, 2.24) is 14.4 Å². The summed E-state index contributed by atoms with van der Waals surface area (Å²) in [4.78, 5) is 22.5. The number of pyridine rings is 2. The number of carbonyl (C=O) groups is 1. The molecule has 2 aromatic carbocycles. The molecular formula is C27H23N3O5. The Hall–Kier alpha value is -4.59. The number of rotatable bonds is 7. The molecule has 0 atom stereocenters. The van der Waals surface area contributed by atoms with Gasteiger partial charge in [-0.15, -0.1) is 0 Å². The quantitative estimate of drug-likeness (QED) is 0.313. The summed E-state index contributed by atoms with van der Waals surface area (Å²) in [6.45, 7) is 0.0523. The third-order valence-corrected chi connectivity index (χ3v) is 5.66. The Morgan fingerprint density at radius 3 is 2.34 bits per heavy atom. The van der Waals surface area contributed by atoms with E-state index in [0.29, 0.717) is 50.7 Å². The first-order chi connectivity index (χ1) is 17.1. The fourth-order valence-corrected chi connectivity index (χ4v) is 4.00. The van der Waals surface area contributed by atoms with Gasteiger partial charge in [-0.05, 0) is 36.4 Å². The first-order valence-electron chi connectivity index (χ1n) is 10.9. The molecular weight excluding hydrogens is 446 g/mol. The van der Waals surface area contributed by atoms with Crippen molar-refractivity contribution in [3.63, 3.8) is 0 Å². The standard InChI is InChI=1S/C27H23N3O5/c1-32-23-12-17(13-24(33-2)26(23)34-3)22-14-20(19-8-4-5-9-21(19)29-22)27(31)35-16-18-15-30-11-7-6-10-25(30)28-18/h4-15H,16H2,1-3H3. The van der Waals surface area contributed by atoms with E-state index in [1.54, 1.807) is 39.5 Å². The highest BCUT2D eigenvalue weighted by molar-refractivity contribution is 6.04. The molecule has 5 aromatic rings. The van der Waals surface area contributed by atoms with Gasteiger partial charge < -0.3 is 23.3 Å². The average Bonchev–Trinajstić information content (AvgIpc) is 3.33. The molecule has 3 aromatic heterocycles. The van der Waals surface area contributed by atoms with Crippen molar-refractivity contribution in [1.29, 1.82) is 0 Å². The Labute approximate surface area is 201 Å². The number of fused-ring (bicyclic) bond motifs is 2. The van der Waals surface area contributed by atoms with Crippen LogP contribution in [0.1, 0.15) is 16.1 Å². The molecule has 176 valence electrons. The second-order valence-corrected chi connectivity index (χ2v) is 7.76. The Morgan fingerprint density at radius 2 is 1.63 bits per heavy atom. The number of carbonyl (C=O) groups excluding carboxylic acids is 1. The van der Waals surface area contributed by atoms with E-state index in [1.807, 2.05) is 59.3 Å². The second kappa shape index (κ2) is 9.34. The van der Waals surface area contributed by atoms with Gasteiger partial charge in [0.05, 0.1) is 43.8 Å². The highest BCUT2D eigenvalue weighted by atomic mass is 16.5. The SMILES string of the molecule is COc1cc(-c2cc(C(=O)OCc3cn4ccccc4n3)c3ccccc3n2)cc(OC)c1OC. The number of imidazole rings is 1. The molecule has 0 spiro atoms. The third-order valence-electron chi connectivity index (χ3n) is 5.66. The van der Waals surface area contributed by atoms with Crippen LogP contribution in [0.2, 0.25) is 0 Å². The Bertz CT molecular complexity index is 1480. The third kappa shape index (κ3) is 4.21. The number of aromatic nitrogens is 3. The van der Waals surface area contributed by atoms with Crippen molar-refractivity contribution < 1.29 is 23.7 Å². The van der Waals surface area contributed by atoms with E-state index >= 15 is 0 Å². The average molecular weight is 469 g/mol. The maximum Gasteiger partial charge on any atom is 0.339 e. The van der Waals surface area contributed by atoms with Gasteiger partial charge in [-0.2, -0.15) is 0 Å². The lowest BCUT2D eigenvalue weighted by molar-refractivity contribution is 0.0470. The van der Waals surface area contributed by atoms with Crippen molar-refractivity contribution in [2.24, 2.45) is 0 Å². The van der Waals surface area contributed by atoms with Crippen molar-refractivity contribution in [3.8, 4) is 28.5 Å². The molecule has 8 nitrogen and oxygen atoms in total. The van der Waals surface area contributed by atoms with Crippen molar-refractivity contribution in [2.75, 3.05) is 21.3 Å². The number of hydrogen-bond acceptors (Lipinski definition) is 7. The van der Waals surface area contributed by atoms with Gasteiger partial charge in [-0.1, -0.05) is 24.3 Å². The second-order valence-electron chi connectivity index (χ2n) is 7.76. The molecule has 0 aliphatic carbocycles. The summed E-state index contributed by atoms with van der Waals surface area (Å²) < 4.78 is 23.9. The smallest absolute Gasteiger partial charge is 0.339 e. The summed E-state index contributed by atoms with van der Waals surface area (Å²) >= 11 is 0. The summed E-state index contributed by atoms with van der Waals surface area (Å²) in [5, 5.41) is 0.698. The monoisotopic (exact) mass is 469 g/mol. The predicted molar refractivity (Wildman–Crippen MR) is 131 cm³/mol. The molecule has 3 heterocycles. The lowest BCUT2D eigenvalue weighted by Gasteiger charge is -2.15. The van der Waals surface area contributed by atoms with Gasteiger partial charge in [-0.25, -0.2) is 14.8 Å². The Morgan fingerprint density at radius 1 is 0.886 bits per heavy atom. The summed E-state index contributed by atoms with van der Waals surface area (Å²) in [5.41, 5.74) is 3.80. The zero-order chi connectivity index (χ0) is 24.4. The molecule has 5 rings (SSSR count). The number of para-hydroxylation sites is 1. The Balaban J connectivity index is 1.53. The van der Waals surface area contributed by atoms with E-state index < -0.39 is 5.97 Å². The van der Waals surface area contributed by atoms with Crippen molar-refractivity contribution in [2.45, 2.75) is 6.61 Å². The van der Waals surface area contributed by atoms with Gasteiger partial charge in [0, 0.05) is 23.3 Å². The van der Waals surface area contributed by atoms with E-state index in [2.05, 4.69) is 4.98 Å². The first-order valence-corrected chi connectivity index (χ1v) is 10.9. The molecule has 35 heavy (non-hydrogen) atoms. The van der Waals surface area contributed by atoms with Crippen LogP contribution in [0.5, 0.6) is 17.2 Å². The zero-order valence-electron chi connectivity index (χ0n) is 19.5. The van der Waals surface area contributed by atoms with E-state index in [9.17, 15) is 4.79 Å². The highest BCUT2D eigenvalue weighted by Gasteiger charge is 2.19. The molecule has 0 radical (unpaired) electrons. The molecule has 0 amide bonds. The molecule has 0 aliphatic rings. The van der Waals surface area contributed by atoms with E-state index in [0.717, 1.165) is 5.65 Å². The lowest BCUT2D eigenvalue weighted by atomic mass is 10.0. The number of hydrogen-bond donors (Lipinski definition) is 0. The molecule has 0 bridgehead atoms. The molecule has 0 unspecified atom stereocenters. The van der Waals surface area contributed by atoms with Crippen LogP contribution in [-0.2, 0) is 11.3 Å². The predicted octanol–water partition coefficient (Wildman–Crippen LogP) is 4.93. The van der Waals surface area contributed by atoms with Crippen LogP contribution in [0.3, 0.4) is 0 Å². The van der Waals surface area contributed by atoms with Crippen LogP contribution >= 0.6 is 0 Å². The van der Waals surface area contributed by atoms with Crippen LogP contribution in [0.4, 0.5) is 0 Å². The topological polar surface area (TPSA) is 84.2 Å². The minimum Gasteiger partial charge on any atom is -0.493 e. The number of methoxy groups -OCH3 is 3. The van der Waals surface area contributed by atoms with Gasteiger partial charge in [0.15, 0.2) is 11.5 Å². The fourth-order valence-electron chi connectivity index (χ4n) is 4.00. The van der Waals surface area contributed by atoms with Crippen molar-refractivity contribution in [3.05, 3.63) is 84.3 Å². The largest absolute Gasteiger partial charge is 0.493 e. The summed E-state index contributed by atoms with van der Waals surface area (Å²) in [6.07, 6.45) is 3.74. The van der Waals surface area contributed by atoms with Crippen LogP contribution < -0.4 is 14.2 Å². The van der Waals surface area contributed by atoms with Gasteiger partial charge >= 0.3 is 5.97 Å². The summed E-state index contributed by atoms with van der Waals surface area (Å²) in [7, 11) is 4.65. The summed E-state index contributed by atoms with van der Waals surface area (Å²) in [5.74, 6) is 1.00. The lowest BCUT2D eigenvalue weighted by Crippen LogP contribution is -2.07. The van der Waals surface area contributed by atoms with Gasteiger partial charge in [0.2, 0.25) is 5.75 Å². The van der Waals surface area contributed by atoms with E-state index in [-0.39, 0.29) is 6.61 Å². The first kappa shape index (κ1) is 22.2. The Kier molecular flexibility index (Phi) is 5.93. The number of benzene rings is 2. The minimum absolute atomic E-state index is 0.0523. The molecule has 0 N–H and O–H groups in total. The number of ether oxygens (including phenoxy) is 4. The van der Waals surface area contributed by atoms with Gasteiger partial charge in [0.1, 0.15) is 12.3 Å². The van der Waals surface area contributed by atoms with Crippen LogP contribution in [-0.4, -0.2) is 41.7 Å². The molecule has 8 heteroatoms.